The molecule has 8 nitrogen and oxygen atoms in total. The molecule has 1 N–H and O–H groups in total. The van der Waals surface area contributed by atoms with E-state index in [9.17, 15) is 18.0 Å². The molecule has 2 amide bonds. The highest BCUT2D eigenvalue weighted by atomic mass is 35.5. The molecule has 0 heterocycles. The van der Waals surface area contributed by atoms with Gasteiger partial charge in [-0.1, -0.05) is 73.5 Å². The van der Waals surface area contributed by atoms with Crippen molar-refractivity contribution in [3.05, 3.63) is 95.0 Å². The Balaban J connectivity index is 2.03. The monoisotopic (exact) mass is 585 g/mol. The fraction of sp³-hybridized carbons (Fsp3) is 0.333. The minimum Gasteiger partial charge on any atom is -0.497 e. The molecule has 3 rings (SSSR count). The summed E-state index contributed by atoms with van der Waals surface area (Å²) in [5.74, 6) is -0.295. The zero-order valence-corrected chi connectivity index (χ0v) is 24.6. The van der Waals surface area contributed by atoms with E-state index in [-0.39, 0.29) is 18.9 Å². The SMILES string of the molecule is CCCCNC(=O)[C@H](Cc1ccccc1)N(Cc1ccccc1Cl)C(=O)CN(c1ccc(OC)cc1)S(C)(=O)=O. The number of carbonyl (C=O) groups is 2. The molecule has 3 aromatic rings. The van der Waals surface area contributed by atoms with E-state index in [1.54, 1.807) is 48.5 Å². The number of sulfonamides is 1. The van der Waals surface area contributed by atoms with E-state index in [1.807, 2.05) is 37.3 Å². The Hall–Kier alpha value is -3.56. The van der Waals surface area contributed by atoms with E-state index in [0.29, 0.717) is 28.6 Å². The van der Waals surface area contributed by atoms with E-state index in [0.717, 1.165) is 29.0 Å². The third-order valence-corrected chi connectivity index (χ3v) is 7.95. The minimum absolute atomic E-state index is 0.0252. The second-order valence-corrected chi connectivity index (χ2v) is 11.7. The molecular weight excluding hydrogens is 550 g/mol. The third-order valence-electron chi connectivity index (χ3n) is 6.44. The van der Waals surface area contributed by atoms with E-state index >= 15 is 0 Å². The third kappa shape index (κ3) is 8.72. The lowest BCUT2D eigenvalue weighted by Crippen LogP contribution is -2.53. The van der Waals surface area contributed by atoms with E-state index < -0.39 is 28.5 Å². The minimum atomic E-state index is -3.85. The largest absolute Gasteiger partial charge is 0.497 e. The molecule has 1 atom stereocenters. The Morgan fingerprint density at radius 1 is 0.975 bits per heavy atom. The standard InChI is InChI=1S/C30H36ClN3O5S/c1-4-5-19-32-30(36)28(20-23-11-7-6-8-12-23)33(21-24-13-9-10-14-27(24)31)29(35)22-34(40(3,37)38)25-15-17-26(39-2)18-16-25/h6-18,28H,4-5,19-22H2,1-3H3,(H,32,36)/t28-/m0/s1. The number of ether oxygens (including phenoxy) is 1. The summed E-state index contributed by atoms with van der Waals surface area (Å²) in [6, 6.07) is 22.0. The molecule has 3 aromatic carbocycles. The van der Waals surface area contributed by atoms with Gasteiger partial charge in [-0.2, -0.15) is 0 Å². The van der Waals surface area contributed by atoms with Crippen LogP contribution in [0.4, 0.5) is 5.69 Å². The number of hydrogen-bond acceptors (Lipinski definition) is 5. The second-order valence-electron chi connectivity index (χ2n) is 9.43. The van der Waals surface area contributed by atoms with Gasteiger partial charge in [-0.15, -0.1) is 0 Å². The van der Waals surface area contributed by atoms with Crippen molar-refractivity contribution < 1.29 is 22.7 Å². The van der Waals surface area contributed by atoms with Gasteiger partial charge in [0.2, 0.25) is 21.8 Å². The van der Waals surface area contributed by atoms with Crippen LogP contribution in [-0.2, 0) is 32.6 Å². The summed E-state index contributed by atoms with van der Waals surface area (Å²) in [6.45, 7) is 2.02. The summed E-state index contributed by atoms with van der Waals surface area (Å²) >= 11 is 6.47. The molecule has 0 aliphatic rings. The number of unbranched alkanes of at least 4 members (excludes halogenated alkanes) is 1. The van der Waals surface area contributed by atoms with Crippen LogP contribution in [0.3, 0.4) is 0 Å². The Kier molecular flexibility index (Phi) is 11.4. The van der Waals surface area contributed by atoms with Crippen LogP contribution in [0.15, 0.2) is 78.9 Å². The first kappa shape index (κ1) is 31.0. The van der Waals surface area contributed by atoms with Crippen molar-refractivity contribution >= 4 is 39.1 Å². The highest BCUT2D eigenvalue weighted by Gasteiger charge is 2.33. The van der Waals surface area contributed by atoms with Gasteiger partial charge in [0.15, 0.2) is 0 Å². The quantitative estimate of drug-likeness (QED) is 0.277. The average Bonchev–Trinajstić information content (AvgIpc) is 2.94. The number of amides is 2. The second kappa shape index (κ2) is 14.7. The first-order valence-corrected chi connectivity index (χ1v) is 15.3. The fourth-order valence-electron chi connectivity index (χ4n) is 4.23. The molecule has 0 aromatic heterocycles. The molecule has 0 aliphatic heterocycles. The molecule has 0 fully saturated rings. The van der Waals surface area contributed by atoms with Crippen molar-refractivity contribution in [2.24, 2.45) is 0 Å². The van der Waals surface area contributed by atoms with Gasteiger partial charge in [0.1, 0.15) is 18.3 Å². The van der Waals surface area contributed by atoms with Gasteiger partial charge in [-0.05, 0) is 47.9 Å². The van der Waals surface area contributed by atoms with Crippen LogP contribution in [0, 0.1) is 0 Å². The molecule has 0 bridgehead atoms. The Labute approximate surface area is 241 Å². The average molecular weight is 586 g/mol. The van der Waals surface area contributed by atoms with E-state index in [1.165, 1.54) is 12.0 Å². The van der Waals surface area contributed by atoms with Crippen LogP contribution in [-0.4, -0.2) is 57.6 Å². The highest BCUT2D eigenvalue weighted by molar-refractivity contribution is 7.92. The maximum Gasteiger partial charge on any atom is 0.244 e. The smallest absolute Gasteiger partial charge is 0.244 e. The van der Waals surface area contributed by atoms with Gasteiger partial charge >= 0.3 is 0 Å². The molecule has 10 heteroatoms. The fourth-order valence-corrected chi connectivity index (χ4v) is 5.28. The zero-order valence-electron chi connectivity index (χ0n) is 23.0. The maximum atomic E-state index is 14.1. The first-order valence-electron chi connectivity index (χ1n) is 13.1. The summed E-state index contributed by atoms with van der Waals surface area (Å²) in [6.07, 6.45) is 2.98. The lowest BCUT2D eigenvalue weighted by Gasteiger charge is -2.33. The number of hydrogen-bond donors (Lipinski definition) is 1. The topological polar surface area (TPSA) is 96.0 Å². The van der Waals surface area contributed by atoms with Gasteiger partial charge in [-0.3, -0.25) is 13.9 Å². The number of methoxy groups -OCH3 is 1. The summed E-state index contributed by atoms with van der Waals surface area (Å²) in [5.41, 5.74) is 1.82. The van der Waals surface area contributed by atoms with Gasteiger partial charge < -0.3 is 15.0 Å². The van der Waals surface area contributed by atoms with Gasteiger partial charge in [0.05, 0.1) is 19.1 Å². The summed E-state index contributed by atoms with van der Waals surface area (Å²) in [5, 5.41) is 3.40. The summed E-state index contributed by atoms with van der Waals surface area (Å²) in [7, 11) is -2.34. The molecule has 0 saturated carbocycles. The van der Waals surface area contributed by atoms with Crippen molar-refractivity contribution in [2.45, 2.75) is 38.8 Å². The van der Waals surface area contributed by atoms with Crippen LogP contribution in [0.2, 0.25) is 5.02 Å². The van der Waals surface area contributed by atoms with Crippen molar-refractivity contribution in [3.63, 3.8) is 0 Å². The Morgan fingerprint density at radius 2 is 1.62 bits per heavy atom. The van der Waals surface area contributed by atoms with Crippen molar-refractivity contribution in [1.29, 1.82) is 0 Å². The number of anilines is 1. The number of rotatable bonds is 14. The predicted octanol–water partition coefficient (Wildman–Crippen LogP) is 4.67. The lowest BCUT2D eigenvalue weighted by molar-refractivity contribution is -0.140. The van der Waals surface area contributed by atoms with Gasteiger partial charge in [0.25, 0.3) is 0 Å². The molecule has 0 saturated heterocycles. The summed E-state index contributed by atoms with van der Waals surface area (Å²) < 4.78 is 31.9. The molecule has 0 spiro atoms. The van der Waals surface area contributed by atoms with Crippen LogP contribution >= 0.6 is 11.6 Å². The number of nitrogens with zero attached hydrogens (tertiary/aromatic N) is 2. The maximum absolute atomic E-state index is 14.1. The molecule has 0 aliphatic carbocycles. The van der Waals surface area contributed by atoms with Gasteiger partial charge in [-0.25, -0.2) is 8.42 Å². The van der Waals surface area contributed by atoms with Crippen LogP contribution < -0.4 is 14.4 Å². The van der Waals surface area contributed by atoms with Crippen LogP contribution in [0.5, 0.6) is 5.75 Å². The van der Waals surface area contributed by atoms with Gasteiger partial charge in [0, 0.05) is 24.5 Å². The number of nitrogens with one attached hydrogen (secondary N) is 1. The van der Waals surface area contributed by atoms with E-state index in [4.69, 9.17) is 16.3 Å². The molecule has 40 heavy (non-hydrogen) atoms. The molecule has 214 valence electrons. The molecular formula is C30H36ClN3O5S. The van der Waals surface area contributed by atoms with Crippen molar-refractivity contribution in [1.82, 2.24) is 10.2 Å². The van der Waals surface area contributed by atoms with E-state index in [2.05, 4.69) is 5.32 Å². The summed E-state index contributed by atoms with van der Waals surface area (Å²) in [4.78, 5) is 29.1. The number of benzene rings is 3. The molecule has 0 radical (unpaired) electrons. The Morgan fingerprint density at radius 3 is 2.23 bits per heavy atom. The first-order chi connectivity index (χ1) is 19.1. The van der Waals surface area contributed by atoms with Crippen LogP contribution in [0.25, 0.3) is 0 Å². The molecule has 0 unspecified atom stereocenters. The van der Waals surface area contributed by atoms with Crippen molar-refractivity contribution in [3.8, 4) is 5.75 Å². The Bertz CT molecular complexity index is 1370. The predicted molar refractivity (Wildman–Crippen MR) is 159 cm³/mol. The normalized spacial score (nSPS) is 11.9. The van der Waals surface area contributed by atoms with Crippen LogP contribution in [0.1, 0.15) is 30.9 Å². The van der Waals surface area contributed by atoms with Crippen molar-refractivity contribution in [2.75, 3.05) is 30.8 Å². The lowest BCUT2D eigenvalue weighted by atomic mass is 10.0. The number of carbonyl (C=O) groups excluding carboxylic acids is 2. The number of halogens is 1. The highest BCUT2D eigenvalue weighted by Crippen LogP contribution is 2.24. The zero-order chi connectivity index (χ0) is 29.1.